The van der Waals surface area contributed by atoms with E-state index in [0.29, 0.717) is 12.2 Å². The Morgan fingerprint density at radius 2 is 2.26 bits per heavy atom. The van der Waals surface area contributed by atoms with Crippen molar-refractivity contribution in [1.29, 1.82) is 0 Å². The molecule has 2 heterocycles. The van der Waals surface area contributed by atoms with Gasteiger partial charge in [-0.3, -0.25) is 4.68 Å². The zero-order valence-corrected chi connectivity index (χ0v) is 11.3. The molecule has 0 radical (unpaired) electrons. The second kappa shape index (κ2) is 5.55. The van der Waals surface area contributed by atoms with Crippen molar-refractivity contribution >= 4 is 10.0 Å². The summed E-state index contributed by atoms with van der Waals surface area (Å²) in [6.07, 6.45) is 4.88. The number of hydrogen-bond acceptors (Lipinski definition) is 4. The maximum atomic E-state index is 12.0. The van der Waals surface area contributed by atoms with Crippen LogP contribution in [0.3, 0.4) is 0 Å². The van der Waals surface area contributed by atoms with Crippen molar-refractivity contribution in [2.45, 2.75) is 18.0 Å². The van der Waals surface area contributed by atoms with E-state index in [1.807, 2.05) is 0 Å². The quantitative estimate of drug-likeness (QED) is 0.761. The van der Waals surface area contributed by atoms with E-state index in [4.69, 9.17) is 5.11 Å². The fourth-order valence-electron chi connectivity index (χ4n) is 1.69. The lowest BCUT2D eigenvalue weighted by Crippen LogP contribution is -2.27. The molecule has 0 saturated heterocycles. The number of aryl methyl sites for hydroxylation is 1. The fourth-order valence-corrected chi connectivity index (χ4v) is 2.81. The molecule has 2 rings (SSSR count). The second-order valence-corrected chi connectivity index (χ2v) is 5.87. The molecule has 0 aliphatic carbocycles. The van der Waals surface area contributed by atoms with Crippen LogP contribution in [0, 0.1) is 0 Å². The van der Waals surface area contributed by atoms with Gasteiger partial charge in [-0.2, -0.15) is 5.10 Å². The van der Waals surface area contributed by atoms with Gasteiger partial charge in [0, 0.05) is 37.9 Å². The number of nitrogens with one attached hydrogen (secondary N) is 1. The van der Waals surface area contributed by atoms with Crippen molar-refractivity contribution in [1.82, 2.24) is 19.1 Å². The molecule has 2 aromatic heterocycles. The first kappa shape index (κ1) is 13.8. The standard InChI is InChI=1S/C11H16N4O3S/c1-14-8-11(7-10(14)9-16)19(17,18)13-4-6-15-5-2-3-12-15/h2-3,5,7-8,13,16H,4,6,9H2,1H3. The van der Waals surface area contributed by atoms with E-state index in [-0.39, 0.29) is 18.0 Å². The van der Waals surface area contributed by atoms with Crippen LogP contribution in [0.4, 0.5) is 0 Å². The zero-order chi connectivity index (χ0) is 13.9. The highest BCUT2D eigenvalue weighted by molar-refractivity contribution is 7.89. The van der Waals surface area contributed by atoms with Gasteiger partial charge in [-0.05, 0) is 12.1 Å². The number of nitrogens with zero attached hydrogens (tertiary/aromatic N) is 3. The average molecular weight is 284 g/mol. The maximum Gasteiger partial charge on any atom is 0.242 e. The van der Waals surface area contributed by atoms with Crippen LogP contribution >= 0.6 is 0 Å². The number of aliphatic hydroxyl groups is 1. The average Bonchev–Trinajstić information content (AvgIpc) is 2.98. The second-order valence-electron chi connectivity index (χ2n) is 4.10. The molecule has 0 amide bonds. The van der Waals surface area contributed by atoms with Gasteiger partial charge < -0.3 is 9.67 Å². The highest BCUT2D eigenvalue weighted by Gasteiger charge is 2.16. The maximum absolute atomic E-state index is 12.0. The smallest absolute Gasteiger partial charge is 0.242 e. The van der Waals surface area contributed by atoms with Gasteiger partial charge in [0.2, 0.25) is 10.0 Å². The molecule has 0 aliphatic heterocycles. The molecule has 0 aliphatic rings. The van der Waals surface area contributed by atoms with Crippen molar-refractivity contribution in [3.05, 3.63) is 36.4 Å². The van der Waals surface area contributed by atoms with Crippen molar-refractivity contribution in [3.63, 3.8) is 0 Å². The van der Waals surface area contributed by atoms with E-state index in [9.17, 15) is 8.42 Å². The van der Waals surface area contributed by atoms with Gasteiger partial charge in [0.15, 0.2) is 0 Å². The van der Waals surface area contributed by atoms with E-state index < -0.39 is 10.0 Å². The van der Waals surface area contributed by atoms with Crippen LogP contribution in [-0.4, -0.2) is 34.4 Å². The van der Waals surface area contributed by atoms with Crippen LogP contribution in [-0.2, 0) is 30.2 Å². The predicted molar refractivity (Wildman–Crippen MR) is 68.8 cm³/mol. The third-order valence-corrected chi connectivity index (χ3v) is 4.18. The van der Waals surface area contributed by atoms with E-state index in [0.717, 1.165) is 0 Å². The Hall–Kier alpha value is -1.64. The fraction of sp³-hybridized carbons (Fsp3) is 0.364. The Kier molecular flexibility index (Phi) is 4.03. The van der Waals surface area contributed by atoms with Crippen molar-refractivity contribution in [2.24, 2.45) is 7.05 Å². The Labute approximate surface area is 111 Å². The molecule has 104 valence electrons. The van der Waals surface area contributed by atoms with Gasteiger partial charge in [0.1, 0.15) is 0 Å². The molecule has 7 nitrogen and oxygen atoms in total. The molecule has 0 bridgehead atoms. The first-order chi connectivity index (χ1) is 9.03. The summed E-state index contributed by atoms with van der Waals surface area (Å²) in [4.78, 5) is 0.152. The van der Waals surface area contributed by atoms with Crippen molar-refractivity contribution in [3.8, 4) is 0 Å². The van der Waals surface area contributed by atoms with Crippen LogP contribution in [0.15, 0.2) is 35.6 Å². The van der Waals surface area contributed by atoms with Crippen LogP contribution in [0.1, 0.15) is 5.69 Å². The van der Waals surface area contributed by atoms with Crippen LogP contribution in [0.5, 0.6) is 0 Å². The zero-order valence-electron chi connectivity index (χ0n) is 10.5. The number of hydrogen-bond donors (Lipinski definition) is 2. The molecule has 2 N–H and O–H groups in total. The van der Waals surface area contributed by atoms with E-state index in [1.54, 1.807) is 34.8 Å². The van der Waals surface area contributed by atoms with Gasteiger partial charge in [-0.15, -0.1) is 0 Å². The van der Waals surface area contributed by atoms with E-state index in [1.165, 1.54) is 12.3 Å². The summed E-state index contributed by atoms with van der Waals surface area (Å²) < 4.78 is 29.7. The van der Waals surface area contributed by atoms with Crippen LogP contribution in [0.25, 0.3) is 0 Å². The Morgan fingerprint density at radius 3 is 2.84 bits per heavy atom. The topological polar surface area (TPSA) is 89.2 Å². The number of rotatable bonds is 6. The van der Waals surface area contributed by atoms with Gasteiger partial charge in [0.25, 0.3) is 0 Å². The molecule has 8 heteroatoms. The molecular weight excluding hydrogens is 268 g/mol. The number of sulfonamides is 1. The molecular formula is C11H16N4O3S. The highest BCUT2D eigenvalue weighted by Crippen LogP contribution is 2.13. The Bertz CT molecular complexity index is 631. The molecule has 0 unspecified atom stereocenters. The summed E-state index contributed by atoms with van der Waals surface area (Å²) >= 11 is 0. The lowest BCUT2D eigenvalue weighted by molar-refractivity contribution is 0.272. The van der Waals surface area contributed by atoms with E-state index in [2.05, 4.69) is 9.82 Å². The molecule has 0 atom stereocenters. The molecule has 19 heavy (non-hydrogen) atoms. The third-order valence-electron chi connectivity index (χ3n) is 2.75. The predicted octanol–water partition coefficient (Wildman–Crippen LogP) is -0.308. The normalized spacial score (nSPS) is 11.9. The van der Waals surface area contributed by atoms with E-state index >= 15 is 0 Å². The summed E-state index contributed by atoms with van der Waals surface area (Å²) in [7, 11) is -1.86. The largest absolute Gasteiger partial charge is 0.390 e. The SMILES string of the molecule is Cn1cc(S(=O)(=O)NCCn2cccn2)cc1CO. The molecule has 2 aromatic rings. The molecule has 0 saturated carbocycles. The van der Waals surface area contributed by atoms with Gasteiger partial charge in [-0.1, -0.05) is 0 Å². The first-order valence-electron chi connectivity index (χ1n) is 5.76. The minimum absolute atomic E-state index is 0.152. The Balaban J connectivity index is 2.01. The lowest BCUT2D eigenvalue weighted by Gasteiger charge is -2.04. The van der Waals surface area contributed by atoms with Crippen LogP contribution < -0.4 is 4.72 Å². The number of aliphatic hydroxyl groups excluding tert-OH is 1. The minimum Gasteiger partial charge on any atom is -0.390 e. The molecule has 0 spiro atoms. The third kappa shape index (κ3) is 3.22. The Morgan fingerprint density at radius 1 is 1.47 bits per heavy atom. The van der Waals surface area contributed by atoms with Crippen molar-refractivity contribution < 1.29 is 13.5 Å². The van der Waals surface area contributed by atoms with Crippen LogP contribution in [0.2, 0.25) is 0 Å². The molecule has 0 fully saturated rings. The van der Waals surface area contributed by atoms with Gasteiger partial charge in [-0.25, -0.2) is 13.1 Å². The van der Waals surface area contributed by atoms with Gasteiger partial charge >= 0.3 is 0 Å². The first-order valence-corrected chi connectivity index (χ1v) is 7.24. The van der Waals surface area contributed by atoms with Gasteiger partial charge in [0.05, 0.1) is 18.0 Å². The summed E-state index contributed by atoms with van der Waals surface area (Å²) in [6, 6.07) is 3.23. The number of aromatic nitrogens is 3. The van der Waals surface area contributed by atoms with Crippen molar-refractivity contribution in [2.75, 3.05) is 6.54 Å². The summed E-state index contributed by atoms with van der Waals surface area (Å²) in [5.41, 5.74) is 0.549. The summed E-state index contributed by atoms with van der Waals surface area (Å²) in [6.45, 7) is 0.526. The summed E-state index contributed by atoms with van der Waals surface area (Å²) in [5, 5.41) is 13.0. The monoisotopic (exact) mass is 284 g/mol. The minimum atomic E-state index is -3.55. The summed E-state index contributed by atoms with van der Waals surface area (Å²) in [5.74, 6) is 0. The highest BCUT2D eigenvalue weighted by atomic mass is 32.2. The lowest BCUT2D eigenvalue weighted by atomic mass is 10.5. The molecule has 0 aromatic carbocycles.